The second-order valence-corrected chi connectivity index (χ2v) is 6.82. The summed E-state index contributed by atoms with van der Waals surface area (Å²) < 4.78 is 10.2. The van der Waals surface area contributed by atoms with Crippen LogP contribution in [0.1, 0.15) is 13.8 Å². The second-order valence-electron chi connectivity index (χ2n) is 3.04. The van der Waals surface area contributed by atoms with Gasteiger partial charge in [0.15, 0.2) is 0 Å². The van der Waals surface area contributed by atoms with E-state index in [2.05, 4.69) is 0 Å². The lowest BCUT2D eigenvalue weighted by Gasteiger charge is -1.86. The van der Waals surface area contributed by atoms with Crippen LogP contribution in [-0.4, -0.2) is 20.0 Å². The van der Waals surface area contributed by atoms with E-state index in [0.29, 0.717) is 0 Å². The van der Waals surface area contributed by atoms with Gasteiger partial charge in [-0.3, -0.25) is 0 Å². The molecule has 0 fully saturated rings. The summed E-state index contributed by atoms with van der Waals surface area (Å²) >= 11 is 0. The van der Waals surface area contributed by atoms with Crippen molar-refractivity contribution in [3.05, 3.63) is 36.4 Å². The molecule has 0 aliphatic carbocycles. The van der Waals surface area contributed by atoms with E-state index in [4.69, 9.17) is 0 Å². The smallest absolute Gasteiger partial charge is 0.0790 e. The predicted molar refractivity (Wildman–Crippen MR) is 63.2 cm³/mol. The Morgan fingerprint density at radius 1 is 0.692 bits per heavy atom. The minimum absolute atomic E-state index is 1.64. The molecule has 0 aliphatic heterocycles. The van der Waals surface area contributed by atoms with Gasteiger partial charge < -0.3 is 4.57 Å². The van der Waals surface area contributed by atoms with Crippen molar-refractivity contribution in [1.82, 2.24) is 0 Å². The highest BCUT2D eigenvalue weighted by Gasteiger charge is 1.89. The normalized spacial score (nSPS) is 8.69. The molecule has 13 heavy (non-hydrogen) atoms. The Morgan fingerprint density at radius 2 is 0.769 bits per heavy atom. The molecular weight excluding hydrogens is 179 g/mol. The van der Waals surface area contributed by atoms with Crippen molar-refractivity contribution in [3.8, 4) is 0 Å². The Morgan fingerprint density at radius 3 is 0.846 bits per heavy atom. The van der Waals surface area contributed by atoms with Crippen molar-refractivity contribution in [3.63, 3.8) is 0 Å². The molecule has 0 aliphatic rings. The van der Waals surface area contributed by atoms with Crippen LogP contribution in [0.3, 0.4) is 0 Å². The van der Waals surface area contributed by atoms with Crippen LogP contribution in [-0.2, 0) is 4.57 Å². The first kappa shape index (κ1) is 14.9. The minimum atomic E-state index is -1.64. The summed E-state index contributed by atoms with van der Waals surface area (Å²) in [4.78, 5) is 0. The first-order chi connectivity index (χ1) is 6.00. The lowest BCUT2D eigenvalue weighted by atomic mass is 10.4. The number of hydrogen-bond donors (Lipinski definition) is 0. The fraction of sp³-hybridized carbons (Fsp3) is 0.455. The first-order valence-electron chi connectivity index (χ1n) is 4.52. The molecule has 0 amide bonds. The maximum absolute atomic E-state index is 10.2. The molecule has 0 aromatic heterocycles. The third kappa shape index (κ3) is 34.4. The average Bonchev–Trinajstić information content (AvgIpc) is 2.08. The molecule has 1 aromatic rings. The summed E-state index contributed by atoms with van der Waals surface area (Å²) in [5, 5.41) is 0. The summed E-state index contributed by atoms with van der Waals surface area (Å²) in [5.74, 6) is 0. The van der Waals surface area contributed by atoms with E-state index < -0.39 is 7.14 Å². The second kappa shape index (κ2) is 9.54. The van der Waals surface area contributed by atoms with Gasteiger partial charge in [0, 0.05) is 0 Å². The lowest BCUT2D eigenvalue weighted by molar-refractivity contribution is 0.586. The lowest BCUT2D eigenvalue weighted by Crippen LogP contribution is -1.61. The maximum atomic E-state index is 10.2. The van der Waals surface area contributed by atoms with Gasteiger partial charge in [0.05, 0.1) is 7.14 Å². The molecule has 2 heteroatoms. The van der Waals surface area contributed by atoms with Crippen LogP contribution in [0.4, 0.5) is 0 Å². The zero-order valence-corrected chi connectivity index (χ0v) is 10.2. The fourth-order valence-electron chi connectivity index (χ4n) is 0.385. The zero-order valence-electron chi connectivity index (χ0n) is 9.32. The Kier molecular flexibility index (Phi) is 11.0. The molecule has 0 N–H and O–H groups in total. The molecule has 0 saturated carbocycles. The predicted octanol–water partition coefficient (Wildman–Crippen LogP) is 3.95. The van der Waals surface area contributed by atoms with Crippen LogP contribution in [0.15, 0.2) is 36.4 Å². The monoisotopic (exact) mass is 200 g/mol. The molecule has 0 saturated heterocycles. The van der Waals surface area contributed by atoms with Gasteiger partial charge >= 0.3 is 0 Å². The Hall–Kier alpha value is -0.550. The summed E-state index contributed by atoms with van der Waals surface area (Å²) in [7, 11) is -1.64. The van der Waals surface area contributed by atoms with Crippen molar-refractivity contribution >= 4 is 7.14 Å². The minimum Gasteiger partial charge on any atom is -0.324 e. The van der Waals surface area contributed by atoms with Crippen molar-refractivity contribution in [2.75, 3.05) is 20.0 Å². The molecule has 1 rings (SSSR count). The number of hydrogen-bond acceptors (Lipinski definition) is 1. The molecule has 0 atom stereocenters. The summed E-state index contributed by atoms with van der Waals surface area (Å²) in [6.45, 7) is 9.23. The third-order valence-corrected chi connectivity index (χ3v) is 0.667. The highest BCUT2D eigenvalue weighted by atomic mass is 31.2. The van der Waals surface area contributed by atoms with E-state index in [1.165, 1.54) is 0 Å². The van der Waals surface area contributed by atoms with Crippen LogP contribution in [0.5, 0.6) is 0 Å². The van der Waals surface area contributed by atoms with Gasteiger partial charge in [-0.1, -0.05) is 50.2 Å². The molecule has 0 spiro atoms. The molecule has 0 radical (unpaired) electrons. The van der Waals surface area contributed by atoms with Crippen LogP contribution < -0.4 is 0 Å². The van der Waals surface area contributed by atoms with Crippen LogP contribution in [0, 0.1) is 0 Å². The highest BCUT2D eigenvalue weighted by Crippen LogP contribution is 2.28. The Balaban J connectivity index is 0. The molecule has 1 aromatic carbocycles. The van der Waals surface area contributed by atoms with Crippen molar-refractivity contribution < 1.29 is 4.57 Å². The van der Waals surface area contributed by atoms with Crippen LogP contribution in [0.25, 0.3) is 0 Å². The average molecular weight is 200 g/mol. The van der Waals surface area contributed by atoms with E-state index in [-0.39, 0.29) is 0 Å². The van der Waals surface area contributed by atoms with Gasteiger partial charge in [-0.2, -0.15) is 0 Å². The van der Waals surface area contributed by atoms with E-state index in [0.717, 1.165) is 0 Å². The largest absolute Gasteiger partial charge is 0.324 e. The molecule has 0 bridgehead atoms. The molecular formula is C11H21OP. The quantitative estimate of drug-likeness (QED) is 0.579. The van der Waals surface area contributed by atoms with Gasteiger partial charge in [0.25, 0.3) is 0 Å². The molecule has 76 valence electrons. The van der Waals surface area contributed by atoms with Gasteiger partial charge in [-0.25, -0.2) is 0 Å². The molecule has 0 heterocycles. The van der Waals surface area contributed by atoms with E-state index in [1.807, 2.05) is 50.2 Å². The number of rotatable bonds is 0. The summed E-state index contributed by atoms with van der Waals surface area (Å²) in [5.41, 5.74) is 0. The highest BCUT2D eigenvalue weighted by molar-refractivity contribution is 7.61. The Labute approximate surface area is 82.6 Å². The molecule has 0 unspecified atom stereocenters. The first-order valence-corrected chi connectivity index (χ1v) is 7.57. The van der Waals surface area contributed by atoms with Crippen molar-refractivity contribution in [2.24, 2.45) is 0 Å². The molecule has 1 nitrogen and oxygen atoms in total. The van der Waals surface area contributed by atoms with Crippen molar-refractivity contribution in [1.29, 1.82) is 0 Å². The summed E-state index contributed by atoms with van der Waals surface area (Å²) in [6, 6.07) is 12.0. The van der Waals surface area contributed by atoms with Crippen LogP contribution in [0.2, 0.25) is 0 Å². The van der Waals surface area contributed by atoms with Crippen molar-refractivity contribution in [2.45, 2.75) is 13.8 Å². The van der Waals surface area contributed by atoms with E-state index >= 15 is 0 Å². The SMILES string of the molecule is CC.CP(C)(C)=O.c1ccccc1. The van der Waals surface area contributed by atoms with Gasteiger partial charge in [0.1, 0.15) is 0 Å². The standard InChI is InChI=1S/C6H6.C3H9OP.C2H6/c1-2-4-6-5-3-1;1-5(2,3)4;1-2/h1-6H;1-3H3;1-2H3. The van der Waals surface area contributed by atoms with Gasteiger partial charge in [-0.05, 0) is 20.0 Å². The fourth-order valence-corrected chi connectivity index (χ4v) is 0.385. The van der Waals surface area contributed by atoms with Gasteiger partial charge in [0.2, 0.25) is 0 Å². The zero-order chi connectivity index (χ0) is 10.7. The Bertz CT molecular complexity index is 178. The van der Waals surface area contributed by atoms with Crippen LogP contribution >= 0.6 is 7.14 Å². The van der Waals surface area contributed by atoms with E-state index in [1.54, 1.807) is 20.0 Å². The number of benzene rings is 1. The third-order valence-electron chi connectivity index (χ3n) is 0.667. The van der Waals surface area contributed by atoms with Gasteiger partial charge in [-0.15, -0.1) is 0 Å². The topological polar surface area (TPSA) is 17.1 Å². The summed E-state index contributed by atoms with van der Waals surface area (Å²) in [6.07, 6.45) is 0. The maximum Gasteiger partial charge on any atom is 0.0790 e. The van der Waals surface area contributed by atoms with E-state index in [9.17, 15) is 4.57 Å².